The highest BCUT2D eigenvalue weighted by Crippen LogP contribution is 2.05. The zero-order valence-corrected chi connectivity index (χ0v) is 13.7. The molecule has 0 fully saturated rings. The third-order valence-electron chi connectivity index (χ3n) is 3.67. The van der Waals surface area contributed by atoms with Gasteiger partial charge >= 0.3 is 5.69 Å². The monoisotopic (exact) mass is 340 g/mol. The second kappa shape index (κ2) is 6.60. The first-order valence-electron chi connectivity index (χ1n) is 7.55. The minimum atomic E-state index is -0.759. The standard InChI is InChI=1S/C17H16N4O4/c1-11-5-7-12(8-6-11)21-17(24)20(2)16(23)14(19-21)15(22)18-10-13-4-3-9-25-13/h3-9H,10H2,1-2H3,(H,18,22). The first-order chi connectivity index (χ1) is 12.0. The molecule has 2 aromatic heterocycles. The fourth-order valence-electron chi connectivity index (χ4n) is 2.23. The molecule has 1 N–H and O–H groups in total. The van der Waals surface area contributed by atoms with Crippen LogP contribution in [0.3, 0.4) is 0 Å². The second-order valence-corrected chi connectivity index (χ2v) is 5.50. The fraction of sp³-hybridized carbons (Fsp3) is 0.176. The van der Waals surface area contributed by atoms with Gasteiger partial charge in [0.05, 0.1) is 18.5 Å². The molecule has 3 rings (SSSR count). The molecule has 0 saturated carbocycles. The van der Waals surface area contributed by atoms with Gasteiger partial charge in [0.25, 0.3) is 11.5 Å². The zero-order chi connectivity index (χ0) is 18.0. The molecule has 1 aromatic carbocycles. The Hall–Kier alpha value is -3.42. The molecule has 1 amide bonds. The van der Waals surface area contributed by atoms with Gasteiger partial charge in [0, 0.05) is 7.05 Å². The number of furan rings is 1. The van der Waals surface area contributed by atoms with Gasteiger partial charge in [0.1, 0.15) is 5.76 Å². The summed E-state index contributed by atoms with van der Waals surface area (Å²) in [5, 5.41) is 6.51. The molecule has 128 valence electrons. The molecule has 0 saturated heterocycles. The molecule has 2 heterocycles. The van der Waals surface area contributed by atoms with Gasteiger partial charge in [0.15, 0.2) is 0 Å². The zero-order valence-electron chi connectivity index (χ0n) is 13.7. The van der Waals surface area contributed by atoms with E-state index in [1.165, 1.54) is 13.3 Å². The van der Waals surface area contributed by atoms with Crippen molar-refractivity contribution >= 4 is 5.91 Å². The second-order valence-electron chi connectivity index (χ2n) is 5.50. The average Bonchev–Trinajstić information content (AvgIpc) is 3.12. The van der Waals surface area contributed by atoms with Crippen LogP contribution in [0.15, 0.2) is 56.7 Å². The maximum Gasteiger partial charge on any atom is 0.351 e. The molecule has 0 bridgehead atoms. The van der Waals surface area contributed by atoms with Gasteiger partial charge in [0.2, 0.25) is 5.69 Å². The summed E-state index contributed by atoms with van der Waals surface area (Å²) < 4.78 is 7.01. The Kier molecular flexibility index (Phi) is 4.34. The molecular formula is C17H16N4O4. The third kappa shape index (κ3) is 3.27. The number of amides is 1. The summed E-state index contributed by atoms with van der Waals surface area (Å²) in [6, 6.07) is 10.4. The first kappa shape index (κ1) is 16.4. The Bertz CT molecular complexity index is 1010. The quantitative estimate of drug-likeness (QED) is 0.756. The van der Waals surface area contributed by atoms with Crippen LogP contribution in [0.25, 0.3) is 5.69 Å². The van der Waals surface area contributed by atoms with Crippen LogP contribution in [0.5, 0.6) is 0 Å². The van der Waals surface area contributed by atoms with Crippen LogP contribution in [0.2, 0.25) is 0 Å². The minimum absolute atomic E-state index is 0.111. The molecule has 0 unspecified atom stereocenters. The summed E-state index contributed by atoms with van der Waals surface area (Å²) in [6.45, 7) is 2.02. The van der Waals surface area contributed by atoms with E-state index in [0.29, 0.717) is 11.4 Å². The average molecular weight is 340 g/mol. The number of aromatic nitrogens is 3. The Morgan fingerprint density at radius 1 is 1.20 bits per heavy atom. The number of benzene rings is 1. The summed E-state index contributed by atoms with van der Waals surface area (Å²) in [5.74, 6) is -0.144. The lowest BCUT2D eigenvalue weighted by molar-refractivity contribution is 0.0938. The molecule has 8 heteroatoms. The molecule has 0 atom stereocenters. The Morgan fingerprint density at radius 2 is 1.92 bits per heavy atom. The maximum absolute atomic E-state index is 12.3. The number of nitrogens with zero attached hydrogens (tertiary/aromatic N) is 3. The van der Waals surface area contributed by atoms with Crippen LogP contribution in [-0.4, -0.2) is 20.3 Å². The van der Waals surface area contributed by atoms with Crippen molar-refractivity contribution in [1.82, 2.24) is 19.7 Å². The van der Waals surface area contributed by atoms with E-state index in [2.05, 4.69) is 10.4 Å². The van der Waals surface area contributed by atoms with E-state index >= 15 is 0 Å². The highest BCUT2D eigenvalue weighted by molar-refractivity contribution is 5.91. The largest absolute Gasteiger partial charge is 0.467 e. The lowest BCUT2D eigenvalue weighted by Gasteiger charge is -2.09. The highest BCUT2D eigenvalue weighted by atomic mass is 16.3. The van der Waals surface area contributed by atoms with E-state index in [0.717, 1.165) is 14.8 Å². The van der Waals surface area contributed by atoms with Crippen molar-refractivity contribution in [3.05, 3.63) is 80.5 Å². The van der Waals surface area contributed by atoms with Crippen molar-refractivity contribution in [1.29, 1.82) is 0 Å². The van der Waals surface area contributed by atoms with Crippen molar-refractivity contribution < 1.29 is 9.21 Å². The van der Waals surface area contributed by atoms with Gasteiger partial charge in [-0.15, -0.1) is 0 Å². The van der Waals surface area contributed by atoms with E-state index in [4.69, 9.17) is 4.42 Å². The smallest absolute Gasteiger partial charge is 0.351 e. The molecule has 25 heavy (non-hydrogen) atoms. The number of nitrogens with one attached hydrogen (secondary N) is 1. The van der Waals surface area contributed by atoms with Crippen LogP contribution in [0.1, 0.15) is 21.8 Å². The van der Waals surface area contributed by atoms with E-state index in [1.54, 1.807) is 24.3 Å². The van der Waals surface area contributed by atoms with Gasteiger partial charge in [-0.05, 0) is 31.2 Å². The third-order valence-corrected chi connectivity index (χ3v) is 3.67. The van der Waals surface area contributed by atoms with Crippen LogP contribution < -0.4 is 16.6 Å². The summed E-state index contributed by atoms with van der Waals surface area (Å²) in [6.07, 6.45) is 1.48. The van der Waals surface area contributed by atoms with Crippen molar-refractivity contribution in [3.8, 4) is 5.69 Å². The number of hydrogen-bond donors (Lipinski definition) is 1. The number of carbonyl (C=O) groups is 1. The van der Waals surface area contributed by atoms with Crippen molar-refractivity contribution in [2.24, 2.45) is 7.05 Å². The number of aryl methyl sites for hydroxylation is 1. The Morgan fingerprint density at radius 3 is 2.56 bits per heavy atom. The van der Waals surface area contributed by atoms with Crippen LogP contribution in [0, 0.1) is 6.92 Å². The predicted octanol–water partition coefficient (Wildman–Crippen LogP) is 0.763. The summed E-state index contributed by atoms with van der Waals surface area (Å²) >= 11 is 0. The first-order valence-corrected chi connectivity index (χ1v) is 7.55. The maximum atomic E-state index is 12.3. The van der Waals surface area contributed by atoms with Crippen LogP contribution >= 0.6 is 0 Å². The van der Waals surface area contributed by atoms with E-state index in [1.807, 2.05) is 19.1 Å². The van der Waals surface area contributed by atoms with Gasteiger partial charge in [-0.3, -0.25) is 14.2 Å². The van der Waals surface area contributed by atoms with Gasteiger partial charge in [-0.2, -0.15) is 9.78 Å². The van der Waals surface area contributed by atoms with Crippen molar-refractivity contribution in [2.75, 3.05) is 0 Å². The lowest BCUT2D eigenvalue weighted by Crippen LogP contribution is -2.44. The molecule has 0 radical (unpaired) electrons. The normalized spacial score (nSPS) is 10.6. The SMILES string of the molecule is Cc1ccc(-n2nc(C(=O)NCc3ccco3)c(=O)n(C)c2=O)cc1. The number of hydrogen-bond acceptors (Lipinski definition) is 5. The molecule has 0 spiro atoms. The topological polar surface area (TPSA) is 99.1 Å². The van der Waals surface area contributed by atoms with Gasteiger partial charge in [-0.25, -0.2) is 4.79 Å². The Labute approximate surface area is 142 Å². The van der Waals surface area contributed by atoms with Crippen LogP contribution in [0.4, 0.5) is 0 Å². The summed E-state index contributed by atoms with van der Waals surface area (Å²) in [4.78, 5) is 36.9. The molecule has 8 nitrogen and oxygen atoms in total. The van der Waals surface area contributed by atoms with Crippen LogP contribution in [-0.2, 0) is 13.6 Å². The summed E-state index contributed by atoms with van der Waals surface area (Å²) in [7, 11) is 1.31. The number of rotatable bonds is 4. The van der Waals surface area contributed by atoms with Crippen molar-refractivity contribution in [3.63, 3.8) is 0 Å². The van der Waals surface area contributed by atoms with E-state index in [9.17, 15) is 14.4 Å². The molecule has 0 aliphatic carbocycles. The fourth-order valence-corrected chi connectivity index (χ4v) is 2.23. The molecule has 0 aliphatic rings. The van der Waals surface area contributed by atoms with Gasteiger partial charge in [-0.1, -0.05) is 17.7 Å². The Balaban J connectivity index is 1.99. The van der Waals surface area contributed by atoms with Gasteiger partial charge < -0.3 is 9.73 Å². The highest BCUT2D eigenvalue weighted by Gasteiger charge is 2.18. The van der Waals surface area contributed by atoms with E-state index < -0.39 is 17.2 Å². The predicted molar refractivity (Wildman–Crippen MR) is 89.7 cm³/mol. The van der Waals surface area contributed by atoms with Crippen molar-refractivity contribution in [2.45, 2.75) is 13.5 Å². The van der Waals surface area contributed by atoms with E-state index in [-0.39, 0.29) is 12.2 Å². The number of carbonyl (C=O) groups excluding carboxylic acids is 1. The minimum Gasteiger partial charge on any atom is -0.467 e. The molecular weight excluding hydrogens is 324 g/mol. The molecule has 0 aliphatic heterocycles. The lowest BCUT2D eigenvalue weighted by atomic mass is 10.2. The molecule has 3 aromatic rings. The summed E-state index contributed by atoms with van der Waals surface area (Å²) in [5.41, 5.74) is -0.278.